The maximum atomic E-state index is 13.4. The summed E-state index contributed by atoms with van der Waals surface area (Å²) in [6.07, 6.45) is 0.919. The summed E-state index contributed by atoms with van der Waals surface area (Å²) in [7, 11) is 3.21. The molecule has 1 aromatic heterocycles. The highest BCUT2D eigenvalue weighted by Gasteiger charge is 2.24. The van der Waals surface area contributed by atoms with Gasteiger partial charge in [-0.3, -0.25) is 9.69 Å². The van der Waals surface area contributed by atoms with E-state index in [2.05, 4.69) is 16.0 Å². The van der Waals surface area contributed by atoms with Crippen molar-refractivity contribution in [1.82, 2.24) is 14.8 Å². The van der Waals surface area contributed by atoms with Gasteiger partial charge >= 0.3 is 0 Å². The molecule has 7 nitrogen and oxygen atoms in total. The Morgan fingerprint density at radius 1 is 1.06 bits per heavy atom. The largest absolute Gasteiger partial charge is 0.493 e. The molecule has 1 aliphatic heterocycles. The third-order valence-corrected chi connectivity index (χ3v) is 7.18. The van der Waals surface area contributed by atoms with Crippen LogP contribution in [0.2, 0.25) is 0 Å². The van der Waals surface area contributed by atoms with Crippen LogP contribution in [0.1, 0.15) is 32.9 Å². The second-order valence-electron chi connectivity index (χ2n) is 8.23. The standard InChI is InChI=1S/C26H28N4O3S/c1-18-24(34-25(28-18)21-9-10-22(32-2)23(15-21)33-3)26(31)30-12-4-11-29(13-14-30)17-20-7-5-19(16-27)6-8-20/h5-10,15H,4,11-14,17H2,1-3H3. The molecule has 8 heteroatoms. The molecule has 0 N–H and O–H groups in total. The third kappa shape index (κ3) is 5.22. The van der Waals surface area contributed by atoms with Gasteiger partial charge in [0.1, 0.15) is 9.88 Å². The van der Waals surface area contributed by atoms with Gasteiger partial charge in [-0.15, -0.1) is 11.3 Å². The number of benzene rings is 2. The number of aryl methyl sites for hydroxylation is 1. The van der Waals surface area contributed by atoms with Crippen molar-refractivity contribution in [1.29, 1.82) is 5.26 Å². The average molecular weight is 477 g/mol. The van der Waals surface area contributed by atoms with Crippen molar-refractivity contribution in [2.24, 2.45) is 0 Å². The molecule has 1 saturated heterocycles. The number of carbonyl (C=O) groups is 1. The van der Waals surface area contributed by atoms with Crippen molar-refractivity contribution in [3.05, 3.63) is 64.2 Å². The van der Waals surface area contributed by atoms with Gasteiger partial charge in [0, 0.05) is 38.3 Å². The predicted octanol–water partition coefficient (Wildman–Crippen LogP) is 4.36. The Morgan fingerprint density at radius 2 is 1.82 bits per heavy atom. The molecule has 34 heavy (non-hydrogen) atoms. The first-order chi connectivity index (χ1) is 16.5. The molecule has 4 rings (SSSR count). The van der Waals surface area contributed by atoms with Gasteiger partial charge in [-0.05, 0) is 49.2 Å². The lowest BCUT2D eigenvalue weighted by Crippen LogP contribution is -2.35. The van der Waals surface area contributed by atoms with E-state index in [4.69, 9.17) is 14.7 Å². The van der Waals surface area contributed by atoms with Crippen LogP contribution in [0.25, 0.3) is 10.6 Å². The molecule has 2 aromatic carbocycles. The first kappa shape index (κ1) is 23.7. The highest BCUT2D eigenvalue weighted by atomic mass is 32.1. The summed E-state index contributed by atoms with van der Waals surface area (Å²) in [6, 6.07) is 15.5. The Morgan fingerprint density at radius 3 is 2.53 bits per heavy atom. The average Bonchev–Trinajstić information content (AvgIpc) is 3.11. The molecule has 176 valence electrons. The van der Waals surface area contributed by atoms with Crippen LogP contribution in [0.5, 0.6) is 11.5 Å². The van der Waals surface area contributed by atoms with Crippen LogP contribution in [-0.4, -0.2) is 61.1 Å². The fraction of sp³-hybridized carbons (Fsp3) is 0.346. The van der Waals surface area contributed by atoms with E-state index >= 15 is 0 Å². The topological polar surface area (TPSA) is 78.7 Å². The zero-order chi connectivity index (χ0) is 24.1. The van der Waals surface area contributed by atoms with Crippen molar-refractivity contribution in [2.75, 3.05) is 40.4 Å². The minimum Gasteiger partial charge on any atom is -0.493 e. The van der Waals surface area contributed by atoms with Gasteiger partial charge in [0.15, 0.2) is 11.5 Å². The quantitative estimate of drug-likeness (QED) is 0.526. The number of nitriles is 1. The molecule has 1 amide bonds. The Labute approximate surface area is 204 Å². The number of amides is 1. The number of ether oxygens (including phenoxy) is 2. The van der Waals surface area contributed by atoms with Crippen LogP contribution < -0.4 is 9.47 Å². The van der Waals surface area contributed by atoms with Crippen molar-refractivity contribution in [2.45, 2.75) is 19.9 Å². The summed E-state index contributed by atoms with van der Waals surface area (Å²) in [4.78, 5) is 23.0. The molecule has 0 spiro atoms. The SMILES string of the molecule is COc1ccc(-c2nc(C)c(C(=O)N3CCCN(Cc4ccc(C#N)cc4)CC3)s2)cc1OC. The molecule has 1 fully saturated rings. The summed E-state index contributed by atoms with van der Waals surface area (Å²) in [5, 5.41) is 9.77. The second-order valence-corrected chi connectivity index (χ2v) is 9.23. The van der Waals surface area contributed by atoms with E-state index in [-0.39, 0.29) is 5.91 Å². The third-order valence-electron chi connectivity index (χ3n) is 5.99. The van der Waals surface area contributed by atoms with Crippen molar-refractivity contribution < 1.29 is 14.3 Å². The molecule has 2 heterocycles. The molecular formula is C26H28N4O3S. The highest BCUT2D eigenvalue weighted by molar-refractivity contribution is 7.17. The maximum Gasteiger partial charge on any atom is 0.265 e. The Hall–Kier alpha value is -3.41. The lowest BCUT2D eigenvalue weighted by atomic mass is 10.1. The van der Waals surface area contributed by atoms with Crippen LogP contribution >= 0.6 is 11.3 Å². The fourth-order valence-electron chi connectivity index (χ4n) is 4.11. The van der Waals surface area contributed by atoms with E-state index in [9.17, 15) is 4.79 Å². The second kappa shape index (κ2) is 10.7. The molecule has 1 aliphatic rings. The van der Waals surface area contributed by atoms with Gasteiger partial charge in [0.05, 0.1) is 31.5 Å². The molecule has 0 bridgehead atoms. The van der Waals surface area contributed by atoms with Crippen LogP contribution in [0.4, 0.5) is 0 Å². The number of aromatic nitrogens is 1. The summed E-state index contributed by atoms with van der Waals surface area (Å²) in [5.74, 6) is 1.34. The first-order valence-electron chi connectivity index (χ1n) is 11.2. The van der Waals surface area contributed by atoms with Gasteiger partial charge in [0.2, 0.25) is 0 Å². The summed E-state index contributed by atoms with van der Waals surface area (Å²) >= 11 is 1.42. The summed E-state index contributed by atoms with van der Waals surface area (Å²) < 4.78 is 10.7. The minimum atomic E-state index is 0.0435. The molecule has 0 unspecified atom stereocenters. The lowest BCUT2D eigenvalue weighted by Gasteiger charge is -2.22. The number of hydrogen-bond acceptors (Lipinski definition) is 7. The fourth-order valence-corrected chi connectivity index (χ4v) is 5.14. The van der Waals surface area contributed by atoms with E-state index in [1.54, 1.807) is 14.2 Å². The molecule has 0 aliphatic carbocycles. The van der Waals surface area contributed by atoms with E-state index in [0.717, 1.165) is 48.9 Å². The molecule has 0 atom stereocenters. The zero-order valence-electron chi connectivity index (χ0n) is 19.7. The van der Waals surface area contributed by atoms with Crippen LogP contribution in [0.15, 0.2) is 42.5 Å². The van der Waals surface area contributed by atoms with Crippen LogP contribution in [-0.2, 0) is 6.54 Å². The number of methoxy groups -OCH3 is 2. The number of nitrogens with zero attached hydrogens (tertiary/aromatic N) is 4. The van der Waals surface area contributed by atoms with Gasteiger partial charge in [-0.1, -0.05) is 12.1 Å². The predicted molar refractivity (Wildman–Crippen MR) is 132 cm³/mol. The molecule has 0 radical (unpaired) electrons. The van der Waals surface area contributed by atoms with Gasteiger partial charge in [-0.2, -0.15) is 5.26 Å². The van der Waals surface area contributed by atoms with Gasteiger partial charge in [-0.25, -0.2) is 4.98 Å². The molecular weight excluding hydrogens is 448 g/mol. The number of thiazole rings is 1. The smallest absolute Gasteiger partial charge is 0.265 e. The number of hydrogen-bond donors (Lipinski definition) is 0. The molecule has 3 aromatic rings. The van der Waals surface area contributed by atoms with E-state index in [0.29, 0.717) is 28.5 Å². The first-order valence-corrected chi connectivity index (χ1v) is 12.0. The Kier molecular flexibility index (Phi) is 7.46. The minimum absolute atomic E-state index is 0.0435. The monoisotopic (exact) mass is 476 g/mol. The highest BCUT2D eigenvalue weighted by Crippen LogP contribution is 2.35. The number of rotatable bonds is 6. The zero-order valence-corrected chi connectivity index (χ0v) is 20.5. The Bertz CT molecular complexity index is 1200. The van der Waals surface area contributed by atoms with E-state index in [1.807, 2.05) is 54.3 Å². The van der Waals surface area contributed by atoms with E-state index in [1.165, 1.54) is 16.9 Å². The number of carbonyl (C=O) groups excluding carboxylic acids is 1. The van der Waals surface area contributed by atoms with Crippen molar-refractivity contribution >= 4 is 17.2 Å². The lowest BCUT2D eigenvalue weighted by molar-refractivity contribution is 0.0765. The van der Waals surface area contributed by atoms with Gasteiger partial charge in [0.25, 0.3) is 5.91 Å². The Balaban J connectivity index is 1.44. The van der Waals surface area contributed by atoms with Crippen LogP contribution in [0, 0.1) is 18.3 Å². The van der Waals surface area contributed by atoms with Crippen LogP contribution in [0.3, 0.4) is 0 Å². The van der Waals surface area contributed by atoms with Crippen molar-refractivity contribution in [3.63, 3.8) is 0 Å². The molecule has 0 saturated carbocycles. The van der Waals surface area contributed by atoms with E-state index < -0.39 is 0 Å². The summed E-state index contributed by atoms with van der Waals surface area (Å²) in [6.45, 7) is 5.86. The van der Waals surface area contributed by atoms with Crippen molar-refractivity contribution in [3.8, 4) is 28.1 Å². The maximum absolute atomic E-state index is 13.4. The summed E-state index contributed by atoms with van der Waals surface area (Å²) in [5.41, 5.74) is 3.49. The van der Waals surface area contributed by atoms with Gasteiger partial charge < -0.3 is 14.4 Å². The normalized spacial score (nSPS) is 14.4.